The lowest BCUT2D eigenvalue weighted by molar-refractivity contribution is -0.384. The van der Waals surface area contributed by atoms with Gasteiger partial charge in [-0.05, 0) is 12.1 Å². The van der Waals surface area contributed by atoms with E-state index in [2.05, 4.69) is 20.9 Å². The van der Waals surface area contributed by atoms with Crippen LogP contribution in [0.3, 0.4) is 0 Å². The molecule has 0 amide bonds. The van der Waals surface area contributed by atoms with Crippen molar-refractivity contribution >= 4 is 33.2 Å². The molecular formula is C12H8BrClN2O3. The summed E-state index contributed by atoms with van der Waals surface area (Å²) in [5.74, 6) is 0.834. The number of hydrogen-bond acceptors (Lipinski definition) is 4. The second kappa shape index (κ2) is 5.99. The average Bonchev–Trinajstić information content (AvgIpc) is 2.39. The maximum atomic E-state index is 10.7. The van der Waals surface area contributed by atoms with Gasteiger partial charge in [0, 0.05) is 29.2 Å². The Morgan fingerprint density at radius 2 is 2.21 bits per heavy atom. The molecule has 5 nitrogen and oxygen atoms in total. The minimum absolute atomic E-state index is 0.0267. The molecule has 0 unspecified atom stereocenters. The smallest absolute Gasteiger partial charge is 0.288 e. The van der Waals surface area contributed by atoms with Crippen LogP contribution < -0.4 is 4.74 Å². The molecule has 98 valence electrons. The first-order chi connectivity index (χ1) is 9.11. The van der Waals surface area contributed by atoms with Crippen molar-refractivity contribution in [3.63, 3.8) is 0 Å². The van der Waals surface area contributed by atoms with E-state index in [1.807, 2.05) is 6.07 Å². The number of alkyl halides is 1. The van der Waals surface area contributed by atoms with Crippen molar-refractivity contribution in [3.05, 3.63) is 57.2 Å². The third-order valence-electron chi connectivity index (χ3n) is 2.32. The van der Waals surface area contributed by atoms with Crippen molar-refractivity contribution in [2.24, 2.45) is 0 Å². The van der Waals surface area contributed by atoms with E-state index in [-0.39, 0.29) is 10.7 Å². The normalized spacial score (nSPS) is 10.2. The highest BCUT2D eigenvalue weighted by atomic mass is 79.9. The summed E-state index contributed by atoms with van der Waals surface area (Å²) in [6.45, 7) is 0. The standard InChI is InChI=1S/C12H8BrClN2O3/c13-7-8-2-1-5-15-12(8)19-9-3-4-11(16(17)18)10(14)6-9/h1-6H,7H2. The van der Waals surface area contributed by atoms with Crippen LogP contribution in [0.15, 0.2) is 36.5 Å². The topological polar surface area (TPSA) is 65.3 Å². The summed E-state index contributed by atoms with van der Waals surface area (Å²) in [5.41, 5.74) is 0.715. The fraction of sp³-hybridized carbons (Fsp3) is 0.0833. The van der Waals surface area contributed by atoms with Crippen LogP contribution in [0.25, 0.3) is 0 Å². The van der Waals surface area contributed by atoms with Gasteiger partial charge in [-0.2, -0.15) is 0 Å². The van der Waals surface area contributed by atoms with Gasteiger partial charge in [-0.1, -0.05) is 33.6 Å². The number of nitrogens with zero attached hydrogens (tertiary/aromatic N) is 2. The van der Waals surface area contributed by atoms with E-state index in [0.29, 0.717) is 17.0 Å². The number of nitro benzene ring substituents is 1. The number of pyridine rings is 1. The molecule has 0 aliphatic carbocycles. The number of ether oxygens (including phenoxy) is 1. The molecule has 0 aliphatic rings. The van der Waals surface area contributed by atoms with E-state index >= 15 is 0 Å². The number of benzene rings is 1. The highest BCUT2D eigenvalue weighted by Crippen LogP contribution is 2.31. The van der Waals surface area contributed by atoms with Gasteiger partial charge in [0.1, 0.15) is 10.8 Å². The van der Waals surface area contributed by atoms with Crippen LogP contribution in [0, 0.1) is 10.1 Å². The van der Waals surface area contributed by atoms with Gasteiger partial charge in [0.25, 0.3) is 5.69 Å². The largest absolute Gasteiger partial charge is 0.439 e. The first-order valence-corrected chi connectivity index (χ1v) is 6.73. The van der Waals surface area contributed by atoms with Crippen LogP contribution in [0.4, 0.5) is 5.69 Å². The molecule has 19 heavy (non-hydrogen) atoms. The Labute approximate surface area is 122 Å². The number of aromatic nitrogens is 1. The molecule has 0 saturated carbocycles. The molecule has 1 aromatic carbocycles. The van der Waals surface area contributed by atoms with Crippen molar-refractivity contribution < 1.29 is 9.66 Å². The van der Waals surface area contributed by atoms with E-state index < -0.39 is 4.92 Å². The van der Waals surface area contributed by atoms with Crippen molar-refractivity contribution in [1.29, 1.82) is 0 Å². The van der Waals surface area contributed by atoms with Gasteiger partial charge < -0.3 is 4.74 Å². The Balaban J connectivity index is 2.29. The van der Waals surface area contributed by atoms with E-state index in [4.69, 9.17) is 16.3 Å². The van der Waals surface area contributed by atoms with Crippen LogP contribution in [0.1, 0.15) is 5.56 Å². The molecule has 0 saturated heterocycles. The van der Waals surface area contributed by atoms with E-state index in [9.17, 15) is 10.1 Å². The molecule has 0 spiro atoms. The highest BCUT2D eigenvalue weighted by Gasteiger charge is 2.13. The van der Waals surface area contributed by atoms with Crippen LogP contribution in [0.5, 0.6) is 11.6 Å². The molecule has 0 aliphatic heterocycles. The SMILES string of the molecule is O=[N+]([O-])c1ccc(Oc2ncccc2CBr)cc1Cl. The number of nitro groups is 1. The molecule has 0 fully saturated rings. The Bertz CT molecular complexity index is 622. The Morgan fingerprint density at radius 3 is 2.84 bits per heavy atom. The fourth-order valence-corrected chi connectivity index (χ4v) is 2.09. The molecule has 1 aromatic heterocycles. The highest BCUT2D eigenvalue weighted by molar-refractivity contribution is 9.08. The zero-order valence-electron chi connectivity index (χ0n) is 9.55. The molecule has 7 heteroatoms. The second-order valence-corrected chi connectivity index (χ2v) is 4.54. The zero-order valence-corrected chi connectivity index (χ0v) is 11.9. The number of halogens is 2. The third kappa shape index (κ3) is 3.21. The maximum absolute atomic E-state index is 10.7. The summed E-state index contributed by atoms with van der Waals surface area (Å²) < 4.78 is 5.57. The van der Waals surface area contributed by atoms with Crippen LogP contribution in [0.2, 0.25) is 5.02 Å². The Morgan fingerprint density at radius 1 is 1.42 bits per heavy atom. The summed E-state index contributed by atoms with van der Waals surface area (Å²) in [7, 11) is 0. The number of rotatable bonds is 4. The lowest BCUT2D eigenvalue weighted by Gasteiger charge is -2.08. The summed E-state index contributed by atoms with van der Waals surface area (Å²) in [6.07, 6.45) is 1.61. The van der Waals surface area contributed by atoms with Crippen LogP contribution >= 0.6 is 27.5 Å². The first kappa shape index (κ1) is 13.8. The molecule has 0 bridgehead atoms. The van der Waals surface area contributed by atoms with Gasteiger partial charge in [-0.3, -0.25) is 10.1 Å². The molecule has 0 radical (unpaired) electrons. The van der Waals surface area contributed by atoms with Gasteiger partial charge in [0.05, 0.1) is 4.92 Å². The van der Waals surface area contributed by atoms with Gasteiger partial charge in [-0.25, -0.2) is 4.98 Å². The van der Waals surface area contributed by atoms with Crippen LogP contribution in [-0.2, 0) is 5.33 Å². The van der Waals surface area contributed by atoms with E-state index in [1.54, 1.807) is 12.3 Å². The second-order valence-electron chi connectivity index (χ2n) is 3.57. The molecule has 0 atom stereocenters. The van der Waals surface area contributed by atoms with Gasteiger partial charge in [-0.15, -0.1) is 0 Å². The van der Waals surface area contributed by atoms with Gasteiger partial charge in [0.2, 0.25) is 5.88 Å². The molecule has 0 N–H and O–H groups in total. The van der Waals surface area contributed by atoms with Crippen molar-refractivity contribution in [2.45, 2.75) is 5.33 Å². The Hall–Kier alpha value is -1.66. The summed E-state index contributed by atoms with van der Waals surface area (Å²) in [5, 5.41) is 11.3. The predicted molar refractivity (Wildman–Crippen MR) is 75.0 cm³/mol. The third-order valence-corrected chi connectivity index (χ3v) is 3.23. The van der Waals surface area contributed by atoms with Crippen molar-refractivity contribution in [2.75, 3.05) is 0 Å². The summed E-state index contributed by atoms with van der Waals surface area (Å²) in [6, 6.07) is 7.84. The zero-order chi connectivity index (χ0) is 13.8. The molecular weight excluding hydrogens is 336 g/mol. The molecule has 1 heterocycles. The average molecular weight is 344 g/mol. The maximum Gasteiger partial charge on any atom is 0.288 e. The molecule has 2 rings (SSSR count). The van der Waals surface area contributed by atoms with Crippen molar-refractivity contribution in [3.8, 4) is 11.6 Å². The lowest BCUT2D eigenvalue weighted by atomic mass is 10.3. The van der Waals surface area contributed by atoms with Crippen molar-refractivity contribution in [1.82, 2.24) is 4.98 Å². The predicted octanol–water partition coefficient (Wildman–Crippen LogP) is 4.33. The van der Waals surface area contributed by atoms with E-state index in [1.165, 1.54) is 18.2 Å². The van der Waals surface area contributed by atoms with Crippen LogP contribution in [-0.4, -0.2) is 9.91 Å². The summed E-state index contributed by atoms with van der Waals surface area (Å²) >= 11 is 9.14. The lowest BCUT2D eigenvalue weighted by Crippen LogP contribution is -1.94. The minimum Gasteiger partial charge on any atom is -0.439 e. The summed E-state index contributed by atoms with van der Waals surface area (Å²) in [4.78, 5) is 14.2. The van der Waals surface area contributed by atoms with Gasteiger partial charge >= 0.3 is 0 Å². The molecule has 2 aromatic rings. The minimum atomic E-state index is -0.545. The quantitative estimate of drug-likeness (QED) is 0.471. The Kier molecular flexibility index (Phi) is 4.34. The first-order valence-electron chi connectivity index (χ1n) is 5.23. The number of hydrogen-bond donors (Lipinski definition) is 0. The van der Waals surface area contributed by atoms with E-state index in [0.717, 1.165) is 5.56 Å². The monoisotopic (exact) mass is 342 g/mol. The fourth-order valence-electron chi connectivity index (χ4n) is 1.43. The van der Waals surface area contributed by atoms with Gasteiger partial charge in [0.15, 0.2) is 0 Å².